The molecule has 3 aromatic carbocycles. The number of rotatable bonds is 13. The van der Waals surface area contributed by atoms with E-state index in [1.54, 1.807) is 48.5 Å². The summed E-state index contributed by atoms with van der Waals surface area (Å²) in [6.45, 7) is 0.271. The molecule has 184 valence electrons. The Morgan fingerprint density at radius 3 is 2.03 bits per heavy atom. The molecule has 0 amide bonds. The summed E-state index contributed by atoms with van der Waals surface area (Å²) in [5.41, 5.74) is 1.25. The van der Waals surface area contributed by atoms with Crippen molar-refractivity contribution >= 4 is 39.1 Å². The smallest absolute Gasteiger partial charge is 0.303 e. The van der Waals surface area contributed by atoms with Crippen molar-refractivity contribution in [2.45, 2.75) is 43.4 Å². The SMILES string of the molecule is O=C(O)CCCCCCCN(c1ccccc1)S(=O)(=O)c1ccc(C(=O)c2ccccc2)c(Cl)c1. The molecule has 1 N–H and O–H groups in total. The van der Waals surface area contributed by atoms with E-state index in [9.17, 15) is 18.0 Å². The number of carboxylic acids is 1. The lowest BCUT2D eigenvalue weighted by Crippen LogP contribution is -2.32. The van der Waals surface area contributed by atoms with Crippen LogP contribution < -0.4 is 4.31 Å². The molecule has 0 aromatic heterocycles. The Morgan fingerprint density at radius 1 is 0.800 bits per heavy atom. The van der Waals surface area contributed by atoms with Crippen LogP contribution in [0.4, 0.5) is 5.69 Å². The molecule has 0 atom stereocenters. The molecule has 0 spiro atoms. The Hall–Kier alpha value is -3.16. The third-order valence-corrected chi connectivity index (χ3v) is 7.74. The van der Waals surface area contributed by atoms with E-state index in [1.165, 1.54) is 22.5 Å². The summed E-state index contributed by atoms with van der Waals surface area (Å²) in [7, 11) is -3.93. The topological polar surface area (TPSA) is 91.8 Å². The minimum Gasteiger partial charge on any atom is -0.481 e. The maximum absolute atomic E-state index is 13.6. The molecule has 0 aliphatic heterocycles. The summed E-state index contributed by atoms with van der Waals surface area (Å²) < 4.78 is 28.5. The van der Waals surface area contributed by atoms with Crippen molar-refractivity contribution in [2.75, 3.05) is 10.8 Å². The van der Waals surface area contributed by atoms with Crippen LogP contribution in [0, 0.1) is 0 Å². The summed E-state index contributed by atoms with van der Waals surface area (Å²) >= 11 is 6.38. The lowest BCUT2D eigenvalue weighted by molar-refractivity contribution is -0.137. The molecule has 3 aromatic rings. The van der Waals surface area contributed by atoms with E-state index in [0.29, 0.717) is 24.1 Å². The number of carbonyl (C=O) groups excluding carboxylic acids is 1. The number of carbonyl (C=O) groups is 2. The number of halogens is 1. The van der Waals surface area contributed by atoms with E-state index in [1.807, 2.05) is 12.1 Å². The van der Waals surface area contributed by atoms with Gasteiger partial charge in [0.25, 0.3) is 10.0 Å². The lowest BCUT2D eigenvalue weighted by Gasteiger charge is -2.25. The van der Waals surface area contributed by atoms with Crippen molar-refractivity contribution in [3.8, 4) is 0 Å². The monoisotopic (exact) mass is 513 g/mol. The lowest BCUT2D eigenvalue weighted by atomic mass is 10.0. The minimum absolute atomic E-state index is 0.0115. The fourth-order valence-corrected chi connectivity index (χ4v) is 5.62. The minimum atomic E-state index is -3.93. The molecule has 0 fully saturated rings. The number of sulfonamides is 1. The van der Waals surface area contributed by atoms with Gasteiger partial charge in [-0.25, -0.2) is 8.42 Å². The summed E-state index contributed by atoms with van der Waals surface area (Å²) in [5.74, 6) is -1.08. The Bertz CT molecular complexity index is 1250. The van der Waals surface area contributed by atoms with Gasteiger partial charge in [0.1, 0.15) is 0 Å². The first-order chi connectivity index (χ1) is 16.8. The molecule has 8 heteroatoms. The van der Waals surface area contributed by atoms with Crippen LogP contribution in [-0.2, 0) is 14.8 Å². The van der Waals surface area contributed by atoms with E-state index < -0.39 is 16.0 Å². The van der Waals surface area contributed by atoms with Crippen LogP contribution in [0.15, 0.2) is 83.8 Å². The zero-order valence-corrected chi connectivity index (χ0v) is 20.8. The molecule has 6 nitrogen and oxygen atoms in total. The number of hydrogen-bond donors (Lipinski definition) is 1. The van der Waals surface area contributed by atoms with E-state index in [-0.39, 0.29) is 34.2 Å². The van der Waals surface area contributed by atoms with E-state index in [0.717, 1.165) is 19.3 Å². The van der Waals surface area contributed by atoms with Crippen molar-refractivity contribution in [1.29, 1.82) is 0 Å². The molecular formula is C27H28ClNO5S. The highest BCUT2D eigenvalue weighted by Crippen LogP contribution is 2.28. The molecule has 0 bridgehead atoms. The summed E-state index contributed by atoms with van der Waals surface area (Å²) in [6, 6.07) is 21.7. The maximum atomic E-state index is 13.6. The molecule has 0 heterocycles. The van der Waals surface area contributed by atoms with Gasteiger partial charge in [-0.2, -0.15) is 0 Å². The van der Waals surface area contributed by atoms with Crippen LogP contribution in [0.2, 0.25) is 5.02 Å². The largest absolute Gasteiger partial charge is 0.481 e. The highest BCUT2D eigenvalue weighted by molar-refractivity contribution is 7.92. The number of anilines is 1. The predicted molar refractivity (Wildman–Crippen MR) is 138 cm³/mol. The van der Waals surface area contributed by atoms with Crippen molar-refractivity contribution < 1.29 is 23.1 Å². The van der Waals surface area contributed by atoms with Gasteiger partial charge in [-0.3, -0.25) is 13.9 Å². The summed E-state index contributed by atoms with van der Waals surface area (Å²) in [6.07, 6.45) is 3.79. The molecular weight excluding hydrogens is 486 g/mol. The van der Waals surface area contributed by atoms with Gasteiger partial charge in [0.15, 0.2) is 5.78 Å². The van der Waals surface area contributed by atoms with Gasteiger partial charge in [0.2, 0.25) is 0 Å². The van der Waals surface area contributed by atoms with Gasteiger partial charge in [0, 0.05) is 24.1 Å². The quantitative estimate of drug-likeness (QED) is 0.217. The number of aliphatic carboxylic acids is 1. The Kier molecular flexibility index (Phi) is 9.46. The van der Waals surface area contributed by atoms with Crippen LogP contribution in [-0.4, -0.2) is 31.8 Å². The number of nitrogens with zero attached hydrogens (tertiary/aromatic N) is 1. The second kappa shape index (κ2) is 12.5. The standard InChI is InChI=1S/C27H28ClNO5S/c28-25-20-23(17-18-24(25)27(32)21-12-6-4-7-13-21)35(33,34)29(22-14-8-5-9-15-22)19-11-3-1-2-10-16-26(30)31/h4-9,12-15,17-18,20H,1-3,10-11,16,19H2,(H,30,31). The van der Waals surface area contributed by atoms with Gasteiger partial charge >= 0.3 is 5.97 Å². The van der Waals surface area contributed by atoms with E-state index in [2.05, 4.69) is 0 Å². The van der Waals surface area contributed by atoms with Crippen LogP contribution in [0.1, 0.15) is 54.4 Å². The molecule has 0 aliphatic carbocycles. The zero-order chi connectivity index (χ0) is 25.3. The number of para-hydroxylation sites is 1. The molecule has 0 unspecified atom stereocenters. The molecule has 0 aliphatic rings. The normalized spacial score (nSPS) is 11.2. The average Bonchev–Trinajstić information content (AvgIpc) is 2.86. The van der Waals surface area contributed by atoms with Crippen molar-refractivity contribution in [1.82, 2.24) is 0 Å². The highest BCUT2D eigenvalue weighted by Gasteiger charge is 2.26. The molecule has 0 saturated carbocycles. The third kappa shape index (κ3) is 7.16. The van der Waals surface area contributed by atoms with Crippen LogP contribution >= 0.6 is 11.6 Å². The Labute approximate surface area is 211 Å². The van der Waals surface area contributed by atoms with Gasteiger partial charge in [0.05, 0.1) is 15.6 Å². The number of benzene rings is 3. The first kappa shape index (κ1) is 26.4. The Balaban J connectivity index is 1.77. The van der Waals surface area contributed by atoms with Gasteiger partial charge < -0.3 is 5.11 Å². The average molecular weight is 514 g/mol. The van der Waals surface area contributed by atoms with Crippen molar-refractivity contribution in [3.05, 3.63) is 95.0 Å². The fraction of sp³-hybridized carbons (Fsp3) is 0.259. The van der Waals surface area contributed by atoms with Gasteiger partial charge in [-0.15, -0.1) is 0 Å². The van der Waals surface area contributed by atoms with Crippen LogP contribution in [0.25, 0.3) is 0 Å². The number of unbranched alkanes of at least 4 members (excludes halogenated alkanes) is 4. The maximum Gasteiger partial charge on any atom is 0.303 e. The molecule has 35 heavy (non-hydrogen) atoms. The summed E-state index contributed by atoms with van der Waals surface area (Å²) in [4.78, 5) is 23.4. The molecule has 3 rings (SSSR count). The Morgan fingerprint density at radius 2 is 1.40 bits per heavy atom. The molecule has 0 saturated heterocycles. The predicted octanol–water partition coefficient (Wildman–Crippen LogP) is 6.19. The van der Waals surface area contributed by atoms with Gasteiger partial charge in [-0.05, 0) is 43.2 Å². The fourth-order valence-electron chi connectivity index (χ4n) is 3.76. The van der Waals surface area contributed by atoms with Crippen LogP contribution in [0.5, 0.6) is 0 Å². The number of carboxylic acid groups (broad SMARTS) is 1. The zero-order valence-electron chi connectivity index (χ0n) is 19.3. The van der Waals surface area contributed by atoms with E-state index >= 15 is 0 Å². The highest BCUT2D eigenvalue weighted by atomic mass is 35.5. The third-order valence-electron chi connectivity index (χ3n) is 5.61. The molecule has 0 radical (unpaired) electrons. The second-order valence-electron chi connectivity index (χ2n) is 8.16. The first-order valence-corrected chi connectivity index (χ1v) is 13.3. The van der Waals surface area contributed by atoms with Gasteiger partial charge in [-0.1, -0.05) is 79.4 Å². The van der Waals surface area contributed by atoms with Crippen LogP contribution in [0.3, 0.4) is 0 Å². The summed E-state index contributed by atoms with van der Waals surface area (Å²) in [5, 5.41) is 8.81. The second-order valence-corrected chi connectivity index (χ2v) is 10.4. The van der Waals surface area contributed by atoms with Crippen molar-refractivity contribution in [3.63, 3.8) is 0 Å². The first-order valence-electron chi connectivity index (χ1n) is 11.5. The van der Waals surface area contributed by atoms with Crippen molar-refractivity contribution in [2.24, 2.45) is 0 Å². The number of ketones is 1. The number of hydrogen-bond acceptors (Lipinski definition) is 4. The van der Waals surface area contributed by atoms with E-state index in [4.69, 9.17) is 16.7 Å².